The first-order valence-corrected chi connectivity index (χ1v) is 12.1. The van der Waals surface area contributed by atoms with Gasteiger partial charge in [0.25, 0.3) is 5.91 Å². The number of carbonyl (C=O) groups is 2. The van der Waals surface area contributed by atoms with Gasteiger partial charge in [-0.15, -0.1) is 5.10 Å². The monoisotopic (exact) mass is 518 g/mol. The van der Waals surface area contributed by atoms with E-state index in [1.165, 1.54) is 19.2 Å². The molecule has 38 heavy (non-hydrogen) atoms. The fourth-order valence-corrected chi connectivity index (χ4v) is 5.22. The second-order valence-electron chi connectivity index (χ2n) is 9.26. The Morgan fingerprint density at radius 1 is 1.13 bits per heavy atom. The fraction of sp³-hybridized carbons (Fsp3) is 0.286. The van der Waals surface area contributed by atoms with E-state index in [9.17, 15) is 19.1 Å². The van der Waals surface area contributed by atoms with Gasteiger partial charge in [0.05, 0.1) is 26.2 Å². The minimum absolute atomic E-state index is 0.0153. The molecule has 4 aromatic rings. The molecule has 5 rings (SSSR count). The molecule has 9 nitrogen and oxygen atoms in total. The summed E-state index contributed by atoms with van der Waals surface area (Å²) in [5.74, 6) is -1.54. The van der Waals surface area contributed by atoms with Crippen LogP contribution in [0.25, 0.3) is 11.0 Å². The highest BCUT2D eigenvalue weighted by Crippen LogP contribution is 2.38. The summed E-state index contributed by atoms with van der Waals surface area (Å²) in [7, 11) is 4.76. The van der Waals surface area contributed by atoms with Gasteiger partial charge < -0.3 is 19.5 Å². The molecule has 1 N–H and O–H groups in total. The van der Waals surface area contributed by atoms with E-state index < -0.39 is 23.6 Å². The van der Waals surface area contributed by atoms with Gasteiger partial charge >= 0.3 is 5.97 Å². The topological polar surface area (TPSA) is 107 Å². The molecular weight excluding hydrogens is 491 g/mol. The average Bonchev–Trinajstić information content (AvgIpc) is 3.30. The zero-order chi connectivity index (χ0) is 27.0. The van der Waals surface area contributed by atoms with E-state index >= 15 is 0 Å². The van der Waals surface area contributed by atoms with Gasteiger partial charge in [0.15, 0.2) is 0 Å². The second kappa shape index (κ2) is 10.1. The van der Waals surface area contributed by atoms with Crippen LogP contribution in [-0.2, 0) is 24.8 Å². The lowest BCUT2D eigenvalue weighted by Crippen LogP contribution is -2.37. The molecule has 1 unspecified atom stereocenters. The molecule has 0 fully saturated rings. The number of rotatable bonds is 7. The number of aliphatic carboxylic acids is 1. The Hall–Kier alpha value is -4.47. The minimum atomic E-state index is -0.937. The van der Waals surface area contributed by atoms with Gasteiger partial charge in [-0.05, 0) is 52.9 Å². The maximum absolute atomic E-state index is 14.6. The highest BCUT2D eigenvalue weighted by molar-refractivity contribution is 5.94. The van der Waals surface area contributed by atoms with Crippen LogP contribution in [-0.4, -0.2) is 57.6 Å². The molecule has 0 saturated heterocycles. The van der Waals surface area contributed by atoms with Crippen molar-refractivity contribution in [2.45, 2.75) is 25.3 Å². The number of fused-ring (bicyclic) bond motifs is 2. The second-order valence-corrected chi connectivity index (χ2v) is 9.26. The molecular formula is C28H27FN4O5. The molecule has 1 aromatic heterocycles. The van der Waals surface area contributed by atoms with Crippen molar-refractivity contribution in [1.82, 2.24) is 19.9 Å². The van der Waals surface area contributed by atoms with E-state index in [1.807, 2.05) is 30.3 Å². The summed E-state index contributed by atoms with van der Waals surface area (Å²) in [6.07, 6.45) is 0.376. The third kappa shape index (κ3) is 4.53. The highest BCUT2D eigenvalue weighted by atomic mass is 19.1. The predicted molar refractivity (Wildman–Crippen MR) is 137 cm³/mol. The lowest BCUT2D eigenvalue weighted by Gasteiger charge is -2.32. The van der Waals surface area contributed by atoms with E-state index in [0.29, 0.717) is 36.5 Å². The number of methoxy groups -OCH3 is 2. The molecule has 0 radical (unpaired) electrons. The number of nitrogens with zero attached hydrogens (tertiary/aromatic N) is 4. The molecule has 0 aliphatic carbocycles. The van der Waals surface area contributed by atoms with Crippen LogP contribution in [0.1, 0.15) is 45.0 Å². The Kier molecular flexibility index (Phi) is 6.71. The van der Waals surface area contributed by atoms with Gasteiger partial charge in [0, 0.05) is 32.1 Å². The molecule has 2 heterocycles. The number of ether oxygens (including phenoxy) is 2. The van der Waals surface area contributed by atoms with Crippen LogP contribution < -0.4 is 9.47 Å². The summed E-state index contributed by atoms with van der Waals surface area (Å²) < 4.78 is 26.8. The Labute approximate surface area is 218 Å². The van der Waals surface area contributed by atoms with Gasteiger partial charge in [0.1, 0.15) is 28.3 Å². The Bertz CT molecular complexity index is 1550. The highest BCUT2D eigenvalue weighted by Gasteiger charge is 2.29. The molecule has 1 aliphatic rings. The molecule has 0 spiro atoms. The zero-order valence-electron chi connectivity index (χ0n) is 21.3. The van der Waals surface area contributed by atoms with Gasteiger partial charge in [0.2, 0.25) is 0 Å². The van der Waals surface area contributed by atoms with Crippen LogP contribution in [0.5, 0.6) is 11.5 Å². The first-order chi connectivity index (χ1) is 18.3. The number of halogens is 1. The number of aromatic nitrogens is 3. The SMILES string of the molecule is COc1ccc(C(=O)N2CCc3c(cccc3C(CC(=O)O)c3cc(OC)c4c(c3)nnn4C)C2)c(F)c1. The van der Waals surface area contributed by atoms with Crippen molar-refractivity contribution in [1.29, 1.82) is 0 Å². The van der Waals surface area contributed by atoms with Gasteiger partial charge in [-0.25, -0.2) is 9.07 Å². The van der Waals surface area contributed by atoms with Gasteiger partial charge in [-0.1, -0.05) is 23.4 Å². The largest absolute Gasteiger partial charge is 0.497 e. The molecule has 0 saturated carbocycles. The number of carboxylic acids is 1. The molecule has 10 heteroatoms. The molecule has 0 bridgehead atoms. The summed E-state index contributed by atoms with van der Waals surface area (Å²) in [4.78, 5) is 26.7. The first-order valence-electron chi connectivity index (χ1n) is 12.1. The van der Waals surface area contributed by atoms with Gasteiger partial charge in [-0.3, -0.25) is 9.59 Å². The Balaban J connectivity index is 1.51. The average molecular weight is 519 g/mol. The van der Waals surface area contributed by atoms with E-state index in [-0.39, 0.29) is 12.0 Å². The quantitative estimate of drug-likeness (QED) is 0.395. The van der Waals surface area contributed by atoms with Gasteiger partial charge in [-0.2, -0.15) is 0 Å². The Morgan fingerprint density at radius 3 is 2.66 bits per heavy atom. The minimum Gasteiger partial charge on any atom is -0.497 e. The summed E-state index contributed by atoms with van der Waals surface area (Å²) in [5, 5.41) is 18.1. The van der Waals surface area contributed by atoms with E-state index in [4.69, 9.17) is 9.47 Å². The fourth-order valence-electron chi connectivity index (χ4n) is 5.22. The van der Waals surface area contributed by atoms with Crippen molar-refractivity contribution in [2.75, 3.05) is 20.8 Å². The van der Waals surface area contributed by atoms with Crippen LogP contribution in [0.2, 0.25) is 0 Å². The van der Waals surface area contributed by atoms with Crippen LogP contribution in [0.3, 0.4) is 0 Å². The summed E-state index contributed by atoms with van der Waals surface area (Å²) in [5.41, 5.74) is 4.84. The van der Waals surface area contributed by atoms with Crippen molar-refractivity contribution in [3.63, 3.8) is 0 Å². The predicted octanol–water partition coefficient (Wildman–Crippen LogP) is 3.93. The molecule has 1 aliphatic heterocycles. The number of amides is 1. The number of hydrogen-bond donors (Lipinski definition) is 1. The maximum Gasteiger partial charge on any atom is 0.304 e. The summed E-state index contributed by atoms with van der Waals surface area (Å²) in [6.45, 7) is 0.667. The van der Waals surface area contributed by atoms with Crippen LogP contribution in [0, 0.1) is 5.82 Å². The van der Waals surface area contributed by atoms with Crippen LogP contribution in [0.15, 0.2) is 48.5 Å². The molecule has 196 valence electrons. The lowest BCUT2D eigenvalue weighted by molar-refractivity contribution is -0.137. The van der Waals surface area contributed by atoms with Crippen LogP contribution >= 0.6 is 0 Å². The number of benzene rings is 3. The third-order valence-corrected chi connectivity index (χ3v) is 7.06. The van der Waals surface area contributed by atoms with Crippen molar-refractivity contribution < 1.29 is 28.6 Å². The standard InChI is InChI=1S/C28H27FN4O5/c1-32-27-24(30-31-32)11-17(12-25(27)38-3)22(14-26(34)35)20-6-4-5-16-15-33(10-9-19(16)20)28(36)21-8-7-18(37-2)13-23(21)29/h4-8,11-13,22H,9-10,14-15H2,1-3H3,(H,34,35). The van der Waals surface area contributed by atoms with Crippen molar-refractivity contribution in [2.24, 2.45) is 7.05 Å². The number of carboxylic acid groups (broad SMARTS) is 1. The number of carbonyl (C=O) groups excluding carboxylic acids is 1. The number of hydrogen-bond acceptors (Lipinski definition) is 6. The van der Waals surface area contributed by atoms with Crippen LogP contribution in [0.4, 0.5) is 4.39 Å². The zero-order valence-corrected chi connectivity index (χ0v) is 21.3. The normalized spacial score (nSPS) is 13.7. The molecule has 1 amide bonds. The molecule has 1 atom stereocenters. The molecule has 3 aromatic carbocycles. The first kappa shape index (κ1) is 25.2. The Morgan fingerprint density at radius 2 is 1.95 bits per heavy atom. The van der Waals surface area contributed by atoms with Crippen molar-refractivity contribution >= 4 is 22.9 Å². The van der Waals surface area contributed by atoms with Crippen molar-refractivity contribution in [3.8, 4) is 11.5 Å². The van der Waals surface area contributed by atoms with E-state index in [0.717, 1.165) is 27.8 Å². The summed E-state index contributed by atoms with van der Waals surface area (Å²) >= 11 is 0. The van der Waals surface area contributed by atoms with E-state index in [1.54, 1.807) is 29.8 Å². The number of aryl methyl sites for hydroxylation is 1. The smallest absolute Gasteiger partial charge is 0.304 e. The van der Waals surface area contributed by atoms with Crippen molar-refractivity contribution in [3.05, 3.63) is 82.2 Å². The third-order valence-electron chi connectivity index (χ3n) is 7.06. The summed E-state index contributed by atoms with van der Waals surface area (Å²) in [6, 6.07) is 13.6. The van der Waals surface area contributed by atoms with E-state index in [2.05, 4.69) is 10.3 Å². The maximum atomic E-state index is 14.6. The lowest BCUT2D eigenvalue weighted by atomic mass is 9.82.